The highest BCUT2D eigenvalue weighted by Gasteiger charge is 2.53. The smallest absolute Gasteiger partial charge is 0.306 e. The highest BCUT2D eigenvalue weighted by Crippen LogP contribution is 2.38. The van der Waals surface area contributed by atoms with Gasteiger partial charge in [-0.3, -0.25) is 14.5 Å². The molecule has 0 aromatic heterocycles. The predicted molar refractivity (Wildman–Crippen MR) is 89.7 cm³/mol. The first kappa shape index (κ1) is 16.6. The Bertz CT molecular complexity index is 365. The molecular formula is C16H28N3O3S. The van der Waals surface area contributed by atoms with E-state index in [-0.39, 0.29) is 0 Å². The minimum Gasteiger partial charge on any atom is -0.379 e. The zero-order valence-corrected chi connectivity index (χ0v) is 14.7. The Hall–Kier alpha value is 0.110. The molecule has 1 unspecified atom stereocenters. The molecule has 6 nitrogen and oxygen atoms in total. The van der Waals surface area contributed by atoms with Crippen molar-refractivity contribution in [1.29, 1.82) is 0 Å². The van der Waals surface area contributed by atoms with Gasteiger partial charge in [0.05, 0.1) is 13.2 Å². The Balaban J connectivity index is 1.50. The van der Waals surface area contributed by atoms with Crippen LogP contribution in [0, 0.1) is 6.41 Å². The van der Waals surface area contributed by atoms with Crippen LogP contribution >= 0.6 is 11.8 Å². The third-order valence-corrected chi connectivity index (χ3v) is 6.20. The minimum atomic E-state index is -0.413. The van der Waals surface area contributed by atoms with Crippen molar-refractivity contribution in [3.05, 3.63) is 6.41 Å². The van der Waals surface area contributed by atoms with Crippen molar-refractivity contribution in [3.63, 3.8) is 0 Å². The number of thioether (sulfide) groups is 1. The van der Waals surface area contributed by atoms with Crippen LogP contribution in [0.4, 0.5) is 0 Å². The number of morpholine rings is 1. The largest absolute Gasteiger partial charge is 0.379 e. The summed E-state index contributed by atoms with van der Waals surface area (Å²) in [4.78, 5) is 7.23. The second-order valence-electron chi connectivity index (χ2n) is 6.65. The van der Waals surface area contributed by atoms with Crippen LogP contribution in [-0.4, -0.2) is 91.1 Å². The summed E-state index contributed by atoms with van der Waals surface area (Å²) < 4.78 is 18.2. The summed E-state index contributed by atoms with van der Waals surface area (Å²) in [5, 5.41) is 0. The molecule has 7 heteroatoms. The third kappa shape index (κ3) is 3.42. The lowest BCUT2D eigenvalue weighted by atomic mass is 10.1. The van der Waals surface area contributed by atoms with Crippen molar-refractivity contribution in [2.45, 2.75) is 25.1 Å². The number of piperidine rings is 1. The summed E-state index contributed by atoms with van der Waals surface area (Å²) in [6.07, 6.45) is 4.59. The third-order valence-electron chi connectivity index (χ3n) is 5.26. The van der Waals surface area contributed by atoms with Gasteiger partial charge < -0.3 is 9.47 Å². The quantitative estimate of drug-likeness (QED) is 0.757. The maximum absolute atomic E-state index is 6.57. The van der Waals surface area contributed by atoms with Crippen molar-refractivity contribution >= 4 is 11.8 Å². The van der Waals surface area contributed by atoms with Crippen LogP contribution in [0.2, 0.25) is 0 Å². The fourth-order valence-electron chi connectivity index (χ4n) is 3.92. The van der Waals surface area contributed by atoms with Crippen LogP contribution in [0.15, 0.2) is 0 Å². The Kier molecular flexibility index (Phi) is 5.44. The molecule has 1 atom stereocenters. The molecule has 1 radical (unpaired) electrons. The summed E-state index contributed by atoms with van der Waals surface area (Å²) >= 11 is 2.01. The van der Waals surface area contributed by atoms with Gasteiger partial charge in [-0.2, -0.15) is 11.8 Å². The Morgan fingerprint density at radius 1 is 0.826 bits per heavy atom. The first-order valence-corrected chi connectivity index (χ1v) is 10.1. The van der Waals surface area contributed by atoms with E-state index in [2.05, 4.69) is 14.7 Å². The molecule has 0 amide bonds. The number of hydrogen-bond acceptors (Lipinski definition) is 7. The van der Waals surface area contributed by atoms with E-state index in [9.17, 15) is 0 Å². The summed E-state index contributed by atoms with van der Waals surface area (Å²) in [6.45, 7) is 8.29. The van der Waals surface area contributed by atoms with E-state index in [1.54, 1.807) is 0 Å². The number of hydrogen-bond donors (Lipinski definition) is 0. The molecule has 0 aromatic carbocycles. The molecule has 4 fully saturated rings. The normalized spacial score (nSPS) is 36.5. The van der Waals surface area contributed by atoms with Crippen LogP contribution in [-0.2, 0) is 14.2 Å². The van der Waals surface area contributed by atoms with E-state index in [1.807, 2.05) is 11.8 Å². The maximum Gasteiger partial charge on any atom is 0.306 e. The molecule has 131 valence electrons. The van der Waals surface area contributed by atoms with E-state index < -0.39 is 5.85 Å². The highest BCUT2D eigenvalue weighted by atomic mass is 32.2. The lowest BCUT2D eigenvalue weighted by molar-refractivity contribution is -0.242. The lowest BCUT2D eigenvalue weighted by Gasteiger charge is -2.49. The van der Waals surface area contributed by atoms with Crippen LogP contribution in [0.25, 0.3) is 0 Å². The minimum absolute atomic E-state index is 0.413. The van der Waals surface area contributed by atoms with Gasteiger partial charge in [-0.1, -0.05) is 6.42 Å². The van der Waals surface area contributed by atoms with Crippen molar-refractivity contribution in [2.24, 2.45) is 0 Å². The molecular weight excluding hydrogens is 314 g/mol. The van der Waals surface area contributed by atoms with E-state index in [1.165, 1.54) is 19.3 Å². The topological polar surface area (TPSA) is 37.4 Å². The lowest BCUT2D eigenvalue weighted by Crippen LogP contribution is -2.66. The van der Waals surface area contributed by atoms with Crippen molar-refractivity contribution in [1.82, 2.24) is 14.7 Å². The molecule has 0 saturated carbocycles. The van der Waals surface area contributed by atoms with E-state index in [4.69, 9.17) is 14.2 Å². The second-order valence-corrected chi connectivity index (χ2v) is 7.87. The monoisotopic (exact) mass is 342 g/mol. The molecule has 4 heterocycles. The van der Waals surface area contributed by atoms with Gasteiger partial charge in [-0.25, -0.2) is 4.90 Å². The average molecular weight is 342 g/mol. The first-order chi connectivity index (χ1) is 11.4. The molecule has 0 bridgehead atoms. The van der Waals surface area contributed by atoms with Gasteiger partial charge in [0.1, 0.15) is 6.61 Å². The zero-order valence-electron chi connectivity index (χ0n) is 13.9. The van der Waals surface area contributed by atoms with Gasteiger partial charge in [0.2, 0.25) is 5.85 Å². The van der Waals surface area contributed by atoms with Crippen LogP contribution in [0.3, 0.4) is 0 Å². The van der Waals surface area contributed by atoms with Gasteiger partial charge in [-0.15, -0.1) is 0 Å². The van der Waals surface area contributed by atoms with Crippen molar-refractivity contribution in [3.8, 4) is 0 Å². The zero-order chi connectivity index (χ0) is 15.5. The van der Waals surface area contributed by atoms with Crippen LogP contribution in [0.1, 0.15) is 19.3 Å². The van der Waals surface area contributed by atoms with Crippen LogP contribution < -0.4 is 0 Å². The van der Waals surface area contributed by atoms with Gasteiger partial charge in [-0.05, 0) is 12.8 Å². The number of likely N-dealkylation sites (tertiary alicyclic amines) is 1. The van der Waals surface area contributed by atoms with Crippen molar-refractivity contribution < 1.29 is 14.2 Å². The fraction of sp³-hybridized carbons (Fsp3) is 0.938. The summed E-state index contributed by atoms with van der Waals surface area (Å²) in [6, 6.07) is 0. The second kappa shape index (κ2) is 7.56. The van der Waals surface area contributed by atoms with Crippen LogP contribution in [0.5, 0.6) is 0 Å². The van der Waals surface area contributed by atoms with E-state index in [0.717, 1.165) is 70.4 Å². The number of ether oxygens (including phenoxy) is 3. The summed E-state index contributed by atoms with van der Waals surface area (Å²) in [5.74, 6) is 1.90. The maximum atomic E-state index is 6.57. The number of rotatable bonds is 3. The average Bonchev–Trinajstić information content (AvgIpc) is 3.11. The highest BCUT2D eigenvalue weighted by molar-refractivity contribution is 7.99. The fourth-order valence-corrected chi connectivity index (χ4v) is 4.83. The molecule has 0 aliphatic carbocycles. The molecule has 0 aromatic rings. The Labute approximate surface area is 143 Å². The van der Waals surface area contributed by atoms with Gasteiger partial charge in [0, 0.05) is 50.8 Å². The SMILES string of the molecule is C1CCN(C2(N3CCOCC3)CO[C](N3CCSCC3)O2)CC1. The van der Waals surface area contributed by atoms with Gasteiger partial charge >= 0.3 is 6.41 Å². The molecule has 23 heavy (non-hydrogen) atoms. The van der Waals surface area contributed by atoms with E-state index in [0.29, 0.717) is 6.61 Å². The van der Waals surface area contributed by atoms with Crippen molar-refractivity contribution in [2.75, 3.05) is 70.6 Å². The Morgan fingerprint density at radius 3 is 2.26 bits per heavy atom. The predicted octanol–water partition coefficient (Wildman–Crippen LogP) is 1.00. The summed E-state index contributed by atoms with van der Waals surface area (Å²) in [5.41, 5.74) is 0. The van der Waals surface area contributed by atoms with E-state index >= 15 is 0 Å². The molecule has 0 spiro atoms. The molecule has 4 saturated heterocycles. The standard InChI is InChI=1S/C16H28N3O3S/c1-2-4-18(5-3-1)16(19-6-10-20-11-7-19)14-21-15(22-16)17-8-12-23-13-9-17/h1-14H2. The molecule has 4 rings (SSSR count). The molecule has 4 aliphatic heterocycles. The van der Waals surface area contributed by atoms with Gasteiger partial charge in [0.15, 0.2) is 0 Å². The first-order valence-electron chi connectivity index (χ1n) is 8.98. The number of nitrogens with zero attached hydrogens (tertiary/aromatic N) is 3. The van der Waals surface area contributed by atoms with Gasteiger partial charge in [0.25, 0.3) is 0 Å². The molecule has 4 aliphatic rings. The Morgan fingerprint density at radius 2 is 1.52 bits per heavy atom. The molecule has 0 N–H and O–H groups in total. The summed E-state index contributed by atoms with van der Waals surface area (Å²) in [7, 11) is 0.